The number of furan rings is 2. The second-order valence-electron chi connectivity index (χ2n) is 3.86. The van der Waals surface area contributed by atoms with E-state index in [1.807, 2.05) is 18.2 Å². The SMILES string of the molecule is CCNC(Cc1ccco1)c1occc1C. The van der Waals surface area contributed by atoms with Gasteiger partial charge in [0.25, 0.3) is 0 Å². The first-order chi connectivity index (χ1) is 7.81. The Labute approximate surface area is 95.5 Å². The predicted molar refractivity (Wildman–Crippen MR) is 62.3 cm³/mol. The van der Waals surface area contributed by atoms with Gasteiger partial charge in [0.2, 0.25) is 0 Å². The monoisotopic (exact) mass is 219 g/mol. The van der Waals surface area contributed by atoms with Crippen LogP contribution in [-0.4, -0.2) is 6.54 Å². The van der Waals surface area contributed by atoms with Crippen LogP contribution in [0.3, 0.4) is 0 Å². The lowest BCUT2D eigenvalue weighted by Gasteiger charge is -2.15. The summed E-state index contributed by atoms with van der Waals surface area (Å²) in [5.74, 6) is 1.97. The molecule has 1 N–H and O–H groups in total. The third-order valence-corrected chi connectivity index (χ3v) is 2.65. The van der Waals surface area contributed by atoms with E-state index < -0.39 is 0 Å². The van der Waals surface area contributed by atoms with Crippen molar-refractivity contribution in [1.29, 1.82) is 0 Å². The van der Waals surface area contributed by atoms with Crippen LogP contribution in [0.1, 0.15) is 30.0 Å². The molecule has 0 aliphatic heterocycles. The van der Waals surface area contributed by atoms with Crippen molar-refractivity contribution in [3.05, 3.63) is 47.8 Å². The van der Waals surface area contributed by atoms with E-state index in [0.717, 1.165) is 24.5 Å². The van der Waals surface area contributed by atoms with Crippen LogP contribution in [0.15, 0.2) is 39.6 Å². The Morgan fingerprint density at radius 2 is 2.12 bits per heavy atom. The molecule has 1 atom stereocenters. The van der Waals surface area contributed by atoms with Crippen molar-refractivity contribution < 1.29 is 8.83 Å². The summed E-state index contributed by atoms with van der Waals surface area (Å²) in [4.78, 5) is 0. The minimum absolute atomic E-state index is 0.186. The van der Waals surface area contributed by atoms with Gasteiger partial charge in [-0.25, -0.2) is 0 Å². The topological polar surface area (TPSA) is 38.3 Å². The average Bonchev–Trinajstić information content (AvgIpc) is 2.88. The fraction of sp³-hybridized carbons (Fsp3) is 0.385. The first-order valence-electron chi connectivity index (χ1n) is 5.61. The Morgan fingerprint density at radius 1 is 1.25 bits per heavy atom. The van der Waals surface area contributed by atoms with Crippen LogP contribution in [0.4, 0.5) is 0 Å². The summed E-state index contributed by atoms with van der Waals surface area (Å²) in [5.41, 5.74) is 1.18. The number of aryl methyl sites for hydroxylation is 1. The maximum Gasteiger partial charge on any atom is 0.124 e. The number of rotatable bonds is 5. The number of likely N-dealkylation sites (N-methyl/N-ethyl adjacent to an activating group) is 1. The van der Waals surface area contributed by atoms with Crippen molar-refractivity contribution in [2.75, 3.05) is 6.54 Å². The lowest BCUT2D eigenvalue weighted by molar-refractivity contribution is 0.387. The molecule has 0 radical (unpaired) electrons. The van der Waals surface area contributed by atoms with Crippen molar-refractivity contribution in [3.63, 3.8) is 0 Å². The molecule has 2 rings (SSSR count). The molecule has 0 spiro atoms. The minimum Gasteiger partial charge on any atom is -0.469 e. The van der Waals surface area contributed by atoms with Gasteiger partial charge in [0.05, 0.1) is 18.6 Å². The van der Waals surface area contributed by atoms with Gasteiger partial charge in [-0.05, 0) is 37.2 Å². The normalized spacial score (nSPS) is 12.9. The zero-order valence-corrected chi connectivity index (χ0v) is 9.69. The van der Waals surface area contributed by atoms with E-state index in [9.17, 15) is 0 Å². The molecule has 0 aromatic carbocycles. The molecular weight excluding hydrogens is 202 g/mol. The van der Waals surface area contributed by atoms with Crippen LogP contribution in [-0.2, 0) is 6.42 Å². The van der Waals surface area contributed by atoms with Crippen LogP contribution >= 0.6 is 0 Å². The Kier molecular flexibility index (Phi) is 3.47. The second kappa shape index (κ2) is 5.03. The highest BCUT2D eigenvalue weighted by molar-refractivity contribution is 5.19. The highest BCUT2D eigenvalue weighted by atomic mass is 16.3. The van der Waals surface area contributed by atoms with Crippen LogP contribution in [0.2, 0.25) is 0 Å². The van der Waals surface area contributed by atoms with Crippen LogP contribution in [0.5, 0.6) is 0 Å². The Balaban J connectivity index is 2.14. The zero-order valence-electron chi connectivity index (χ0n) is 9.69. The smallest absolute Gasteiger partial charge is 0.124 e. The van der Waals surface area contributed by atoms with Gasteiger partial charge in [0.1, 0.15) is 11.5 Å². The van der Waals surface area contributed by atoms with Crippen molar-refractivity contribution in [1.82, 2.24) is 5.32 Å². The fourth-order valence-electron chi connectivity index (χ4n) is 1.88. The van der Waals surface area contributed by atoms with Gasteiger partial charge in [-0.1, -0.05) is 6.92 Å². The molecule has 3 heteroatoms. The molecule has 2 aromatic rings. The summed E-state index contributed by atoms with van der Waals surface area (Å²) in [7, 11) is 0. The minimum atomic E-state index is 0.186. The Bertz CT molecular complexity index is 417. The lowest BCUT2D eigenvalue weighted by atomic mass is 10.1. The number of nitrogens with one attached hydrogen (secondary N) is 1. The molecule has 0 saturated heterocycles. The average molecular weight is 219 g/mol. The third-order valence-electron chi connectivity index (χ3n) is 2.65. The molecule has 0 aliphatic rings. The fourth-order valence-corrected chi connectivity index (χ4v) is 1.88. The van der Waals surface area contributed by atoms with Crippen LogP contribution in [0, 0.1) is 6.92 Å². The highest BCUT2D eigenvalue weighted by Gasteiger charge is 2.17. The number of hydrogen-bond acceptors (Lipinski definition) is 3. The van der Waals surface area contributed by atoms with E-state index in [2.05, 4.69) is 19.2 Å². The molecule has 0 amide bonds. The first-order valence-corrected chi connectivity index (χ1v) is 5.61. The number of hydrogen-bond donors (Lipinski definition) is 1. The van der Waals surface area contributed by atoms with Crippen LogP contribution < -0.4 is 5.32 Å². The van der Waals surface area contributed by atoms with Gasteiger partial charge < -0.3 is 14.2 Å². The van der Waals surface area contributed by atoms with E-state index in [1.165, 1.54) is 5.56 Å². The predicted octanol–water partition coefficient (Wildman–Crippen LogP) is 3.07. The maximum atomic E-state index is 5.52. The van der Waals surface area contributed by atoms with Gasteiger partial charge in [0, 0.05) is 6.42 Å². The van der Waals surface area contributed by atoms with Crippen LogP contribution in [0.25, 0.3) is 0 Å². The first kappa shape index (κ1) is 11.0. The van der Waals surface area contributed by atoms with Crippen molar-refractivity contribution in [2.45, 2.75) is 26.3 Å². The highest BCUT2D eigenvalue weighted by Crippen LogP contribution is 2.22. The van der Waals surface area contributed by atoms with Gasteiger partial charge in [0.15, 0.2) is 0 Å². The van der Waals surface area contributed by atoms with Crippen molar-refractivity contribution in [3.8, 4) is 0 Å². The molecule has 0 aliphatic carbocycles. The summed E-state index contributed by atoms with van der Waals surface area (Å²) < 4.78 is 10.9. The molecule has 2 aromatic heterocycles. The van der Waals surface area contributed by atoms with E-state index in [0.29, 0.717) is 0 Å². The summed E-state index contributed by atoms with van der Waals surface area (Å²) in [6, 6.07) is 6.07. The van der Waals surface area contributed by atoms with E-state index in [4.69, 9.17) is 8.83 Å². The Morgan fingerprint density at radius 3 is 2.69 bits per heavy atom. The van der Waals surface area contributed by atoms with E-state index in [-0.39, 0.29) is 6.04 Å². The van der Waals surface area contributed by atoms with Gasteiger partial charge in [-0.15, -0.1) is 0 Å². The molecular formula is C13H17NO2. The molecule has 0 saturated carbocycles. The second-order valence-corrected chi connectivity index (χ2v) is 3.86. The van der Waals surface area contributed by atoms with Gasteiger partial charge in [-0.3, -0.25) is 0 Å². The summed E-state index contributed by atoms with van der Waals surface area (Å²) in [6.45, 7) is 5.06. The molecule has 16 heavy (non-hydrogen) atoms. The summed E-state index contributed by atoms with van der Waals surface area (Å²) in [6.07, 6.45) is 4.25. The molecule has 86 valence electrons. The Hall–Kier alpha value is -1.48. The van der Waals surface area contributed by atoms with Crippen molar-refractivity contribution >= 4 is 0 Å². The standard InChI is InChI=1S/C13H17NO2/c1-3-14-12(9-11-5-4-7-15-11)13-10(2)6-8-16-13/h4-8,12,14H,3,9H2,1-2H3. The van der Waals surface area contributed by atoms with Gasteiger partial charge in [-0.2, -0.15) is 0 Å². The molecule has 1 unspecified atom stereocenters. The molecule has 3 nitrogen and oxygen atoms in total. The summed E-state index contributed by atoms with van der Waals surface area (Å²) >= 11 is 0. The van der Waals surface area contributed by atoms with Gasteiger partial charge >= 0.3 is 0 Å². The van der Waals surface area contributed by atoms with Crippen molar-refractivity contribution in [2.24, 2.45) is 0 Å². The lowest BCUT2D eigenvalue weighted by Crippen LogP contribution is -2.22. The largest absolute Gasteiger partial charge is 0.469 e. The molecule has 0 fully saturated rings. The quantitative estimate of drug-likeness (QED) is 0.839. The van der Waals surface area contributed by atoms with E-state index >= 15 is 0 Å². The maximum absolute atomic E-state index is 5.52. The zero-order chi connectivity index (χ0) is 11.4. The summed E-state index contributed by atoms with van der Waals surface area (Å²) in [5, 5.41) is 3.41. The molecule has 2 heterocycles. The molecule has 0 bridgehead atoms. The van der Waals surface area contributed by atoms with E-state index in [1.54, 1.807) is 12.5 Å². The third kappa shape index (κ3) is 2.36.